The van der Waals surface area contributed by atoms with Crippen molar-refractivity contribution in [2.75, 3.05) is 5.73 Å². The number of carboxylic acid groups (broad SMARTS) is 1. The van der Waals surface area contributed by atoms with E-state index in [1.807, 2.05) is 0 Å². The van der Waals surface area contributed by atoms with Gasteiger partial charge in [0.1, 0.15) is 11.4 Å². The van der Waals surface area contributed by atoms with E-state index < -0.39 is 5.97 Å². The highest BCUT2D eigenvalue weighted by molar-refractivity contribution is 5.98. The predicted octanol–water partition coefficient (Wildman–Crippen LogP) is 3.53. The number of hydrogen-bond donors (Lipinski definition) is 2. The Kier molecular flexibility index (Phi) is 4.51. The topological polar surface area (TPSA) is 119 Å². The van der Waals surface area contributed by atoms with Crippen LogP contribution >= 0.6 is 0 Å². The molecule has 1 saturated carbocycles. The number of anilines is 1. The van der Waals surface area contributed by atoms with E-state index in [2.05, 4.69) is 9.97 Å². The summed E-state index contributed by atoms with van der Waals surface area (Å²) < 4.78 is 5.65. The predicted molar refractivity (Wildman–Crippen MR) is 102 cm³/mol. The van der Waals surface area contributed by atoms with E-state index in [9.17, 15) is 14.7 Å². The zero-order valence-electron chi connectivity index (χ0n) is 14.9. The molecule has 0 saturated heterocycles. The van der Waals surface area contributed by atoms with Gasteiger partial charge in [-0.05, 0) is 30.9 Å². The van der Waals surface area contributed by atoms with Crippen molar-refractivity contribution in [1.82, 2.24) is 9.97 Å². The average molecular weight is 367 g/mol. The maximum Gasteiger partial charge on any atom is 0.339 e. The zero-order chi connectivity index (χ0) is 19.0. The van der Waals surface area contributed by atoms with E-state index in [-0.39, 0.29) is 27.9 Å². The molecule has 27 heavy (non-hydrogen) atoms. The lowest BCUT2D eigenvalue weighted by atomic mass is 9.86. The SMILES string of the molecule is Nc1nc2oc3cnc(CCC4CCCCC4)cc3c(=O)c2cc1C(=O)O. The van der Waals surface area contributed by atoms with E-state index in [4.69, 9.17) is 10.2 Å². The minimum absolute atomic E-state index is 0.0201. The highest BCUT2D eigenvalue weighted by Crippen LogP contribution is 2.28. The van der Waals surface area contributed by atoms with Gasteiger partial charge in [0.2, 0.25) is 11.1 Å². The summed E-state index contributed by atoms with van der Waals surface area (Å²) in [5.41, 5.74) is 6.31. The second-order valence-electron chi connectivity index (χ2n) is 7.22. The quantitative estimate of drug-likeness (QED) is 0.677. The van der Waals surface area contributed by atoms with E-state index in [0.29, 0.717) is 11.0 Å². The fourth-order valence-electron chi connectivity index (χ4n) is 3.88. The summed E-state index contributed by atoms with van der Waals surface area (Å²) in [5.74, 6) is -0.687. The van der Waals surface area contributed by atoms with Crippen LogP contribution in [0.2, 0.25) is 0 Å². The number of carboxylic acids is 1. The monoisotopic (exact) mass is 367 g/mol. The summed E-state index contributed by atoms with van der Waals surface area (Å²) in [7, 11) is 0. The highest BCUT2D eigenvalue weighted by atomic mass is 16.4. The molecule has 7 heteroatoms. The standard InChI is InChI=1S/C20H21N3O4/c21-18-15(20(25)26)9-14-17(24)13-8-12(7-6-11-4-2-1-3-5-11)22-10-16(13)27-19(14)23-18/h8-11H,1-7H2,(H2,21,23)(H,25,26). The Morgan fingerprint density at radius 3 is 2.74 bits per heavy atom. The molecule has 3 N–H and O–H groups in total. The number of aryl methyl sites for hydroxylation is 1. The fraction of sp³-hybridized carbons (Fsp3) is 0.400. The van der Waals surface area contributed by atoms with Crippen LogP contribution in [0.15, 0.2) is 27.5 Å². The molecule has 3 heterocycles. The normalized spacial score (nSPS) is 15.4. The summed E-state index contributed by atoms with van der Waals surface area (Å²) in [4.78, 5) is 32.5. The number of pyridine rings is 2. The molecule has 140 valence electrons. The molecule has 3 aromatic heterocycles. The number of fused-ring (bicyclic) bond motifs is 2. The van der Waals surface area contributed by atoms with Gasteiger partial charge in [-0.2, -0.15) is 4.98 Å². The van der Waals surface area contributed by atoms with Crippen molar-refractivity contribution < 1.29 is 14.3 Å². The number of aromatic nitrogens is 2. The molecule has 0 bridgehead atoms. The molecule has 4 rings (SSSR count). The molecule has 0 radical (unpaired) electrons. The van der Waals surface area contributed by atoms with Crippen LogP contribution in [-0.2, 0) is 6.42 Å². The number of nitrogen functional groups attached to an aromatic ring is 1. The Morgan fingerprint density at radius 1 is 1.22 bits per heavy atom. The van der Waals surface area contributed by atoms with Crippen molar-refractivity contribution in [3.8, 4) is 0 Å². The molecule has 3 aromatic rings. The molecule has 1 aliphatic rings. The van der Waals surface area contributed by atoms with Crippen LogP contribution in [0, 0.1) is 5.92 Å². The van der Waals surface area contributed by atoms with Gasteiger partial charge in [-0.3, -0.25) is 9.78 Å². The van der Waals surface area contributed by atoms with Gasteiger partial charge in [-0.1, -0.05) is 32.1 Å². The van der Waals surface area contributed by atoms with Gasteiger partial charge in [-0.25, -0.2) is 4.79 Å². The lowest BCUT2D eigenvalue weighted by molar-refractivity contribution is 0.0698. The lowest BCUT2D eigenvalue weighted by Gasteiger charge is -2.21. The van der Waals surface area contributed by atoms with Gasteiger partial charge in [-0.15, -0.1) is 0 Å². The maximum atomic E-state index is 12.9. The molecule has 0 atom stereocenters. The van der Waals surface area contributed by atoms with E-state index >= 15 is 0 Å². The number of nitrogens with two attached hydrogens (primary N) is 1. The third kappa shape index (κ3) is 3.37. The number of carbonyl (C=O) groups is 1. The first kappa shape index (κ1) is 17.5. The fourth-order valence-corrected chi connectivity index (χ4v) is 3.88. The highest BCUT2D eigenvalue weighted by Gasteiger charge is 2.17. The van der Waals surface area contributed by atoms with Gasteiger partial charge in [0.15, 0.2) is 5.58 Å². The molecule has 7 nitrogen and oxygen atoms in total. The molecule has 1 aliphatic carbocycles. The Bertz CT molecular complexity index is 1080. The first-order chi connectivity index (χ1) is 13.0. The minimum Gasteiger partial charge on any atom is -0.478 e. The number of hydrogen-bond acceptors (Lipinski definition) is 6. The average Bonchev–Trinajstić information content (AvgIpc) is 2.67. The van der Waals surface area contributed by atoms with Crippen molar-refractivity contribution >= 4 is 33.9 Å². The number of rotatable bonds is 4. The smallest absolute Gasteiger partial charge is 0.339 e. The van der Waals surface area contributed by atoms with E-state index in [1.165, 1.54) is 44.4 Å². The van der Waals surface area contributed by atoms with Crippen molar-refractivity contribution in [2.45, 2.75) is 44.9 Å². The minimum atomic E-state index is -1.23. The third-order valence-electron chi connectivity index (χ3n) is 5.40. The first-order valence-electron chi connectivity index (χ1n) is 9.28. The van der Waals surface area contributed by atoms with E-state index in [0.717, 1.165) is 24.5 Å². The molecule has 0 unspecified atom stereocenters. The number of aromatic carboxylic acids is 1. The third-order valence-corrected chi connectivity index (χ3v) is 5.40. The van der Waals surface area contributed by atoms with Crippen molar-refractivity contribution in [3.63, 3.8) is 0 Å². The van der Waals surface area contributed by atoms with E-state index in [1.54, 1.807) is 6.07 Å². The van der Waals surface area contributed by atoms with Crippen LogP contribution in [0.1, 0.15) is 54.6 Å². The van der Waals surface area contributed by atoms with Crippen LogP contribution in [-0.4, -0.2) is 21.0 Å². The van der Waals surface area contributed by atoms with Gasteiger partial charge in [0.25, 0.3) is 0 Å². The van der Waals surface area contributed by atoms with Gasteiger partial charge >= 0.3 is 5.97 Å². The summed E-state index contributed by atoms with van der Waals surface area (Å²) >= 11 is 0. The molecule has 1 fully saturated rings. The second-order valence-corrected chi connectivity index (χ2v) is 7.22. The van der Waals surface area contributed by atoms with Crippen LogP contribution in [0.5, 0.6) is 0 Å². The molecule has 0 aliphatic heterocycles. The van der Waals surface area contributed by atoms with Crippen LogP contribution in [0.25, 0.3) is 22.1 Å². The second kappa shape index (κ2) is 6.98. The summed E-state index contributed by atoms with van der Waals surface area (Å²) in [6, 6.07) is 2.98. The Hall–Kier alpha value is -2.96. The van der Waals surface area contributed by atoms with Crippen LogP contribution in [0.4, 0.5) is 5.82 Å². The van der Waals surface area contributed by atoms with Crippen LogP contribution < -0.4 is 11.2 Å². The summed E-state index contributed by atoms with van der Waals surface area (Å²) in [6.07, 6.45) is 9.89. The molecular weight excluding hydrogens is 346 g/mol. The summed E-state index contributed by atoms with van der Waals surface area (Å²) in [6.45, 7) is 0. The van der Waals surface area contributed by atoms with Gasteiger partial charge < -0.3 is 15.3 Å². The molecule has 0 aromatic carbocycles. The number of nitrogens with zero attached hydrogens (tertiary/aromatic N) is 2. The van der Waals surface area contributed by atoms with Gasteiger partial charge in [0.05, 0.1) is 17.0 Å². The van der Waals surface area contributed by atoms with Crippen molar-refractivity contribution in [1.29, 1.82) is 0 Å². The Balaban J connectivity index is 1.72. The lowest BCUT2D eigenvalue weighted by Crippen LogP contribution is -2.10. The van der Waals surface area contributed by atoms with Gasteiger partial charge in [0, 0.05) is 5.69 Å². The molecular formula is C20H21N3O4. The molecule has 0 spiro atoms. The van der Waals surface area contributed by atoms with Crippen molar-refractivity contribution in [3.05, 3.63) is 39.8 Å². The largest absolute Gasteiger partial charge is 0.478 e. The summed E-state index contributed by atoms with van der Waals surface area (Å²) in [5, 5.41) is 9.70. The molecule has 0 amide bonds. The Morgan fingerprint density at radius 2 is 2.00 bits per heavy atom. The Labute approximate surface area is 155 Å². The van der Waals surface area contributed by atoms with Crippen LogP contribution in [0.3, 0.4) is 0 Å². The zero-order valence-corrected chi connectivity index (χ0v) is 14.9. The van der Waals surface area contributed by atoms with Crippen molar-refractivity contribution in [2.24, 2.45) is 5.92 Å². The first-order valence-corrected chi connectivity index (χ1v) is 9.28. The maximum absolute atomic E-state index is 12.9.